The number of hydrogen-bond donors (Lipinski definition) is 1. The van der Waals surface area contributed by atoms with Gasteiger partial charge in [-0.15, -0.1) is 11.8 Å². The quantitative estimate of drug-likeness (QED) is 0.827. The van der Waals surface area contributed by atoms with Crippen LogP contribution in [0.25, 0.3) is 0 Å². The summed E-state index contributed by atoms with van der Waals surface area (Å²) in [7, 11) is 0. The van der Waals surface area contributed by atoms with Gasteiger partial charge in [0.15, 0.2) is 0 Å². The minimum absolute atomic E-state index is 0.141. The normalized spacial score (nSPS) is 12.0. The highest BCUT2D eigenvalue weighted by Gasteiger charge is 2.17. The molecule has 0 heterocycles. The number of thioether (sulfide) groups is 1. The van der Waals surface area contributed by atoms with Gasteiger partial charge in [0.05, 0.1) is 10.9 Å². The van der Waals surface area contributed by atoms with E-state index < -0.39 is 16.9 Å². The molecule has 0 aliphatic carbocycles. The summed E-state index contributed by atoms with van der Waals surface area (Å²) in [6.45, 7) is 5.72. The smallest absolute Gasteiger partial charge is 0.237 e. The van der Waals surface area contributed by atoms with Crippen LogP contribution in [0.1, 0.15) is 18.1 Å². The zero-order valence-electron chi connectivity index (χ0n) is 12.6. The van der Waals surface area contributed by atoms with Crippen LogP contribution >= 0.6 is 11.8 Å². The molecule has 1 amide bonds. The summed E-state index contributed by atoms with van der Waals surface area (Å²) in [6, 6.07) is 8.96. The average molecular weight is 321 g/mol. The van der Waals surface area contributed by atoms with Crippen LogP contribution in [-0.2, 0) is 4.79 Å². The molecular weight excluding hydrogens is 304 g/mol. The molecule has 2 aromatic rings. The van der Waals surface area contributed by atoms with Crippen molar-refractivity contribution in [2.75, 3.05) is 5.32 Å². The van der Waals surface area contributed by atoms with Crippen molar-refractivity contribution < 1.29 is 13.6 Å². The van der Waals surface area contributed by atoms with Crippen molar-refractivity contribution in [3.8, 4) is 0 Å². The van der Waals surface area contributed by atoms with Gasteiger partial charge in [-0.2, -0.15) is 0 Å². The highest BCUT2D eigenvalue weighted by atomic mass is 32.2. The minimum Gasteiger partial charge on any atom is -0.323 e. The van der Waals surface area contributed by atoms with Crippen LogP contribution < -0.4 is 5.32 Å². The number of benzene rings is 2. The van der Waals surface area contributed by atoms with Crippen molar-refractivity contribution in [3.63, 3.8) is 0 Å². The molecule has 5 heteroatoms. The minimum atomic E-state index is -0.654. The van der Waals surface area contributed by atoms with Crippen LogP contribution in [-0.4, -0.2) is 11.2 Å². The second kappa shape index (κ2) is 6.92. The van der Waals surface area contributed by atoms with E-state index in [-0.39, 0.29) is 11.6 Å². The number of nitrogens with one attached hydrogen (secondary N) is 1. The maximum Gasteiger partial charge on any atom is 0.237 e. The van der Waals surface area contributed by atoms with E-state index in [2.05, 4.69) is 5.32 Å². The van der Waals surface area contributed by atoms with E-state index in [0.29, 0.717) is 0 Å². The first-order chi connectivity index (χ1) is 10.4. The van der Waals surface area contributed by atoms with Gasteiger partial charge >= 0.3 is 0 Å². The molecule has 0 saturated carbocycles. The standard InChI is InChI=1S/C17H17F2NOS/c1-10-4-7-16(11(2)8-10)22-12(3)17(21)20-15-9-13(18)5-6-14(15)19/h4-9,12H,1-3H3,(H,20,21). The highest BCUT2D eigenvalue weighted by Crippen LogP contribution is 2.28. The zero-order chi connectivity index (χ0) is 16.3. The monoisotopic (exact) mass is 321 g/mol. The van der Waals surface area contributed by atoms with Crippen LogP contribution in [0.2, 0.25) is 0 Å². The summed E-state index contributed by atoms with van der Waals surface area (Å²) in [6.07, 6.45) is 0. The molecule has 2 rings (SSSR count). The zero-order valence-corrected chi connectivity index (χ0v) is 13.4. The van der Waals surface area contributed by atoms with E-state index in [9.17, 15) is 13.6 Å². The van der Waals surface area contributed by atoms with Crippen LogP contribution in [0.5, 0.6) is 0 Å². The van der Waals surface area contributed by atoms with Crippen molar-refractivity contribution in [3.05, 3.63) is 59.2 Å². The Labute approximate surface area is 132 Å². The van der Waals surface area contributed by atoms with E-state index in [1.807, 2.05) is 32.0 Å². The molecule has 0 aliphatic heterocycles. The Morgan fingerprint density at radius 1 is 1.14 bits per heavy atom. The van der Waals surface area contributed by atoms with E-state index >= 15 is 0 Å². The Morgan fingerprint density at radius 2 is 1.86 bits per heavy atom. The van der Waals surface area contributed by atoms with Gasteiger partial charge in [0.2, 0.25) is 5.91 Å². The number of amides is 1. The largest absolute Gasteiger partial charge is 0.323 e. The van der Waals surface area contributed by atoms with Crippen molar-refractivity contribution in [1.29, 1.82) is 0 Å². The van der Waals surface area contributed by atoms with Crippen LogP contribution in [0.3, 0.4) is 0 Å². The first-order valence-electron chi connectivity index (χ1n) is 6.86. The maximum atomic E-state index is 13.5. The molecule has 2 aromatic carbocycles. The topological polar surface area (TPSA) is 29.1 Å². The van der Waals surface area contributed by atoms with Crippen LogP contribution in [0, 0.1) is 25.5 Å². The summed E-state index contributed by atoms with van der Waals surface area (Å²) >= 11 is 1.39. The lowest BCUT2D eigenvalue weighted by Gasteiger charge is -2.14. The van der Waals surface area contributed by atoms with E-state index in [1.54, 1.807) is 6.92 Å². The number of hydrogen-bond acceptors (Lipinski definition) is 2. The van der Waals surface area contributed by atoms with E-state index in [0.717, 1.165) is 34.2 Å². The predicted octanol–water partition coefficient (Wildman–Crippen LogP) is 4.70. The third-order valence-corrected chi connectivity index (χ3v) is 4.47. The molecule has 22 heavy (non-hydrogen) atoms. The molecule has 1 unspecified atom stereocenters. The van der Waals surface area contributed by atoms with Crippen LogP contribution in [0.15, 0.2) is 41.3 Å². The lowest BCUT2D eigenvalue weighted by molar-refractivity contribution is -0.115. The molecule has 0 fully saturated rings. The SMILES string of the molecule is Cc1ccc(SC(C)C(=O)Nc2cc(F)ccc2F)c(C)c1. The number of anilines is 1. The Bertz CT molecular complexity index is 703. The third kappa shape index (κ3) is 4.07. The van der Waals surface area contributed by atoms with Gasteiger partial charge in [0.25, 0.3) is 0 Å². The fourth-order valence-corrected chi connectivity index (χ4v) is 2.94. The summed E-state index contributed by atoms with van der Waals surface area (Å²) in [5.41, 5.74) is 2.10. The Morgan fingerprint density at radius 3 is 2.55 bits per heavy atom. The molecular formula is C17H17F2NOS. The van der Waals surface area contributed by atoms with Gasteiger partial charge in [0, 0.05) is 11.0 Å². The third-order valence-electron chi connectivity index (χ3n) is 3.19. The summed E-state index contributed by atoms with van der Waals surface area (Å²) in [4.78, 5) is 13.1. The predicted molar refractivity (Wildman–Crippen MR) is 86.2 cm³/mol. The van der Waals surface area contributed by atoms with Crippen molar-refractivity contribution in [2.24, 2.45) is 0 Å². The van der Waals surface area contributed by atoms with Gasteiger partial charge in [-0.1, -0.05) is 17.7 Å². The molecule has 0 aromatic heterocycles. The second-order valence-electron chi connectivity index (χ2n) is 5.14. The molecule has 0 radical (unpaired) electrons. The lowest BCUT2D eigenvalue weighted by Crippen LogP contribution is -2.23. The molecule has 0 spiro atoms. The van der Waals surface area contributed by atoms with Gasteiger partial charge in [-0.05, 0) is 44.5 Å². The van der Waals surface area contributed by atoms with E-state index in [1.165, 1.54) is 11.8 Å². The number of aryl methyl sites for hydroxylation is 2. The first-order valence-corrected chi connectivity index (χ1v) is 7.74. The molecule has 0 saturated heterocycles. The second-order valence-corrected chi connectivity index (χ2v) is 6.53. The Kier molecular flexibility index (Phi) is 5.19. The summed E-state index contributed by atoms with van der Waals surface area (Å²) < 4.78 is 26.7. The van der Waals surface area contributed by atoms with Crippen molar-refractivity contribution >= 4 is 23.4 Å². The first kappa shape index (κ1) is 16.5. The molecule has 0 aliphatic rings. The Hall–Kier alpha value is -1.88. The average Bonchev–Trinajstić information content (AvgIpc) is 2.45. The number of carbonyl (C=O) groups excluding carboxylic acids is 1. The molecule has 1 N–H and O–H groups in total. The summed E-state index contributed by atoms with van der Waals surface area (Å²) in [5.74, 6) is -1.61. The lowest BCUT2D eigenvalue weighted by atomic mass is 10.2. The number of rotatable bonds is 4. The Balaban J connectivity index is 2.07. The molecule has 2 nitrogen and oxygen atoms in total. The summed E-state index contributed by atoms with van der Waals surface area (Å²) in [5, 5.41) is 2.00. The van der Waals surface area contributed by atoms with Gasteiger partial charge < -0.3 is 5.32 Å². The number of halogens is 2. The van der Waals surface area contributed by atoms with Crippen molar-refractivity contribution in [2.45, 2.75) is 30.9 Å². The van der Waals surface area contributed by atoms with Crippen LogP contribution in [0.4, 0.5) is 14.5 Å². The van der Waals surface area contributed by atoms with Gasteiger partial charge in [-0.3, -0.25) is 4.79 Å². The maximum absolute atomic E-state index is 13.5. The molecule has 1 atom stereocenters. The van der Waals surface area contributed by atoms with Gasteiger partial charge in [0.1, 0.15) is 11.6 Å². The number of carbonyl (C=O) groups is 1. The molecule has 116 valence electrons. The van der Waals surface area contributed by atoms with E-state index in [4.69, 9.17) is 0 Å². The molecule has 0 bridgehead atoms. The fraction of sp³-hybridized carbons (Fsp3) is 0.235. The van der Waals surface area contributed by atoms with Gasteiger partial charge in [-0.25, -0.2) is 8.78 Å². The van der Waals surface area contributed by atoms with Crippen molar-refractivity contribution in [1.82, 2.24) is 0 Å². The fourth-order valence-electron chi connectivity index (χ4n) is 2.00. The highest BCUT2D eigenvalue weighted by molar-refractivity contribution is 8.00.